The van der Waals surface area contributed by atoms with Crippen molar-refractivity contribution >= 4 is 18.9 Å². The number of nitrogens with zero attached hydrogens (tertiary/aromatic N) is 2. The quantitative estimate of drug-likeness (QED) is 0.229. The highest BCUT2D eigenvalue weighted by Gasteiger charge is 2.54. The second-order valence-electron chi connectivity index (χ2n) is 15.9. The van der Waals surface area contributed by atoms with Crippen LogP contribution in [0.4, 0.5) is 0 Å². The smallest absolute Gasteiger partial charge is 0.384 e. The Morgan fingerprint density at radius 3 is 1.14 bits per heavy atom. The molecule has 0 atom stereocenters. The fraction of sp³-hybridized carbons (Fsp3) is 0.684. The Morgan fingerprint density at radius 2 is 0.860 bits per heavy atom. The number of benzene rings is 2. The lowest BCUT2D eigenvalue weighted by atomic mass is 9.78. The van der Waals surface area contributed by atoms with E-state index in [0.29, 0.717) is 0 Å². The molecule has 0 bridgehead atoms. The number of hydrogen-bond donors (Lipinski definition) is 0. The molecule has 0 spiro atoms. The standard InChI is InChI=1S/C38H62N2O2Si/c1-11-13-25-39-35(3,4)27-31(28-36(39,5)6)41-43(33-21-17-15-18-22-33,34-23-19-16-20-24-34)42-32-29-37(7,8)40(26-14-12-2)38(9,10)30-32/h15-24,31-32H,11-14,25-30H2,1-10H3. The van der Waals surface area contributed by atoms with Gasteiger partial charge >= 0.3 is 8.56 Å². The van der Waals surface area contributed by atoms with Gasteiger partial charge in [0.05, 0.1) is 12.2 Å². The van der Waals surface area contributed by atoms with Crippen LogP contribution in [0.15, 0.2) is 60.7 Å². The van der Waals surface area contributed by atoms with E-state index in [1.54, 1.807) is 0 Å². The first-order valence-electron chi connectivity index (χ1n) is 17.2. The lowest BCUT2D eigenvalue weighted by molar-refractivity contribution is -0.0962. The fourth-order valence-electron chi connectivity index (χ4n) is 8.71. The molecule has 5 heteroatoms. The number of unbranched alkanes of at least 4 members (excludes halogenated alkanes) is 2. The number of piperidine rings is 2. The van der Waals surface area contributed by atoms with Crippen LogP contribution in [0.3, 0.4) is 0 Å². The summed E-state index contributed by atoms with van der Waals surface area (Å²) < 4.78 is 15.4. The predicted molar refractivity (Wildman–Crippen MR) is 186 cm³/mol. The third-order valence-corrected chi connectivity index (χ3v) is 13.8. The Balaban J connectivity index is 1.76. The highest BCUT2D eigenvalue weighted by atomic mass is 28.4. The van der Waals surface area contributed by atoms with Crippen LogP contribution in [0.5, 0.6) is 0 Å². The van der Waals surface area contributed by atoms with Crippen LogP contribution in [-0.2, 0) is 8.85 Å². The molecule has 2 fully saturated rings. The van der Waals surface area contributed by atoms with Crippen molar-refractivity contribution in [3.8, 4) is 0 Å². The molecule has 0 aromatic heterocycles. The molecule has 240 valence electrons. The van der Waals surface area contributed by atoms with E-state index in [1.165, 1.54) is 36.1 Å². The van der Waals surface area contributed by atoms with Crippen molar-refractivity contribution in [2.75, 3.05) is 13.1 Å². The first kappa shape index (κ1) is 34.4. The zero-order valence-corrected chi connectivity index (χ0v) is 30.2. The van der Waals surface area contributed by atoms with Gasteiger partial charge < -0.3 is 8.85 Å². The first-order valence-corrected chi connectivity index (χ1v) is 19.0. The van der Waals surface area contributed by atoms with Crippen LogP contribution >= 0.6 is 0 Å². The summed E-state index contributed by atoms with van der Waals surface area (Å²) in [6.07, 6.45) is 9.15. The van der Waals surface area contributed by atoms with Crippen molar-refractivity contribution in [2.45, 2.75) is 155 Å². The van der Waals surface area contributed by atoms with Crippen LogP contribution in [0.1, 0.15) is 121 Å². The third kappa shape index (κ3) is 7.66. The summed E-state index contributed by atoms with van der Waals surface area (Å²) in [6.45, 7) is 26.3. The molecule has 4 rings (SSSR count). The molecular formula is C38H62N2O2Si. The number of likely N-dealkylation sites (tertiary alicyclic amines) is 2. The Morgan fingerprint density at radius 1 is 0.558 bits per heavy atom. The Bertz CT molecular complexity index is 1020. The summed E-state index contributed by atoms with van der Waals surface area (Å²) in [5.74, 6) is 0. The molecule has 2 aromatic carbocycles. The van der Waals surface area contributed by atoms with Gasteiger partial charge in [-0.05, 0) is 117 Å². The summed E-state index contributed by atoms with van der Waals surface area (Å²) in [7, 11) is -3.10. The van der Waals surface area contributed by atoms with E-state index in [0.717, 1.165) is 38.8 Å². The predicted octanol–water partition coefficient (Wildman–Crippen LogP) is 7.92. The van der Waals surface area contributed by atoms with E-state index in [1.807, 2.05) is 0 Å². The van der Waals surface area contributed by atoms with Gasteiger partial charge in [0, 0.05) is 22.2 Å². The monoisotopic (exact) mass is 606 g/mol. The van der Waals surface area contributed by atoms with Crippen molar-refractivity contribution in [1.29, 1.82) is 0 Å². The minimum Gasteiger partial charge on any atom is -0.384 e. The van der Waals surface area contributed by atoms with Gasteiger partial charge in [-0.3, -0.25) is 9.80 Å². The summed E-state index contributed by atoms with van der Waals surface area (Å²) in [4.78, 5) is 5.49. The largest absolute Gasteiger partial charge is 0.407 e. The van der Waals surface area contributed by atoms with E-state index in [9.17, 15) is 0 Å². The maximum atomic E-state index is 7.68. The van der Waals surface area contributed by atoms with Gasteiger partial charge in [-0.25, -0.2) is 0 Å². The van der Waals surface area contributed by atoms with Crippen LogP contribution in [0.2, 0.25) is 0 Å². The van der Waals surface area contributed by atoms with Crippen molar-refractivity contribution < 1.29 is 8.85 Å². The molecule has 2 aliphatic heterocycles. The minimum atomic E-state index is -3.10. The van der Waals surface area contributed by atoms with Gasteiger partial charge in [-0.1, -0.05) is 87.4 Å². The topological polar surface area (TPSA) is 24.9 Å². The molecule has 2 heterocycles. The maximum Gasteiger partial charge on any atom is 0.407 e. The highest BCUT2D eigenvalue weighted by molar-refractivity contribution is 6.92. The van der Waals surface area contributed by atoms with Gasteiger partial charge in [-0.15, -0.1) is 0 Å². The average Bonchev–Trinajstić information content (AvgIpc) is 2.91. The molecule has 2 aromatic rings. The fourth-order valence-corrected chi connectivity index (χ4v) is 12.2. The zero-order chi connectivity index (χ0) is 31.5. The molecular weight excluding hydrogens is 545 g/mol. The highest BCUT2D eigenvalue weighted by Crippen LogP contribution is 2.43. The molecule has 2 saturated heterocycles. The molecule has 4 nitrogen and oxygen atoms in total. The van der Waals surface area contributed by atoms with Crippen molar-refractivity contribution in [3.05, 3.63) is 60.7 Å². The second-order valence-corrected chi connectivity index (χ2v) is 18.8. The normalized spacial score (nSPS) is 22.9. The molecule has 0 unspecified atom stereocenters. The van der Waals surface area contributed by atoms with E-state index < -0.39 is 8.56 Å². The van der Waals surface area contributed by atoms with Crippen LogP contribution < -0.4 is 10.4 Å². The molecule has 0 radical (unpaired) electrons. The molecule has 0 saturated carbocycles. The zero-order valence-electron chi connectivity index (χ0n) is 29.2. The number of hydrogen-bond acceptors (Lipinski definition) is 4. The second kappa shape index (κ2) is 13.5. The Hall–Kier alpha value is -1.50. The molecule has 0 aliphatic carbocycles. The molecule has 0 N–H and O–H groups in total. The van der Waals surface area contributed by atoms with Crippen LogP contribution in [0, 0.1) is 0 Å². The van der Waals surface area contributed by atoms with Crippen molar-refractivity contribution in [3.63, 3.8) is 0 Å². The van der Waals surface area contributed by atoms with Crippen molar-refractivity contribution in [1.82, 2.24) is 9.80 Å². The van der Waals surface area contributed by atoms with Gasteiger partial charge in [-0.2, -0.15) is 0 Å². The lowest BCUT2D eigenvalue weighted by Crippen LogP contribution is -2.71. The van der Waals surface area contributed by atoms with Crippen molar-refractivity contribution in [2.24, 2.45) is 0 Å². The Kier molecular flexibility index (Phi) is 10.8. The lowest BCUT2D eigenvalue weighted by Gasteiger charge is -2.57. The summed E-state index contributed by atoms with van der Waals surface area (Å²) in [6, 6.07) is 21.9. The summed E-state index contributed by atoms with van der Waals surface area (Å²) in [5, 5.41) is 2.43. The summed E-state index contributed by atoms with van der Waals surface area (Å²) in [5.41, 5.74) is 0.181. The third-order valence-electron chi connectivity index (χ3n) is 10.3. The van der Waals surface area contributed by atoms with Gasteiger partial charge in [0.2, 0.25) is 0 Å². The van der Waals surface area contributed by atoms with Gasteiger partial charge in [0.1, 0.15) is 0 Å². The maximum absolute atomic E-state index is 7.68. The van der Waals surface area contributed by atoms with Crippen LogP contribution in [0.25, 0.3) is 0 Å². The average molecular weight is 607 g/mol. The van der Waals surface area contributed by atoms with Gasteiger partial charge in [0.15, 0.2) is 0 Å². The van der Waals surface area contributed by atoms with Crippen LogP contribution in [-0.4, -0.2) is 65.8 Å². The van der Waals surface area contributed by atoms with E-state index in [2.05, 4.69) is 140 Å². The summed E-state index contributed by atoms with van der Waals surface area (Å²) >= 11 is 0. The molecule has 0 amide bonds. The molecule has 43 heavy (non-hydrogen) atoms. The van der Waals surface area contributed by atoms with E-state index in [-0.39, 0.29) is 34.4 Å². The Labute approximate surface area is 265 Å². The number of rotatable bonds is 12. The SMILES string of the molecule is CCCCN1C(C)(C)CC(O[Si](OC2CC(C)(C)N(CCCC)C(C)(C)C2)(c2ccccc2)c2ccccc2)CC1(C)C. The van der Waals surface area contributed by atoms with Gasteiger partial charge in [0.25, 0.3) is 0 Å². The minimum absolute atomic E-state index is 0.0453. The van der Waals surface area contributed by atoms with E-state index >= 15 is 0 Å². The first-order chi connectivity index (χ1) is 20.2. The molecule has 2 aliphatic rings. The van der Waals surface area contributed by atoms with E-state index in [4.69, 9.17) is 8.85 Å².